The van der Waals surface area contributed by atoms with Gasteiger partial charge in [-0.15, -0.1) is 0 Å². The van der Waals surface area contributed by atoms with Gasteiger partial charge in [0, 0.05) is 6.07 Å². The minimum Gasteiger partial charge on any atom is -0.619 e. The molecule has 0 atom stereocenters. The van der Waals surface area contributed by atoms with Gasteiger partial charge in [0.05, 0.1) is 0 Å². The molecule has 0 aromatic carbocycles. The van der Waals surface area contributed by atoms with E-state index >= 15 is 0 Å². The monoisotopic (exact) mass is 169 g/mol. The summed E-state index contributed by atoms with van der Waals surface area (Å²) in [5.74, 6) is -0.828. The predicted octanol–water partition coefficient (Wildman–Crippen LogP) is -0.217. The molecule has 0 bridgehead atoms. The van der Waals surface area contributed by atoms with Gasteiger partial charge in [-0.25, -0.2) is 4.79 Å². The summed E-state index contributed by atoms with van der Waals surface area (Å²) in [7, 11) is 0. The molecular weight excluding hydrogens is 162 g/mol. The number of carboxylic acid groups (broad SMARTS) is 1. The van der Waals surface area contributed by atoms with E-state index in [0.717, 1.165) is 6.20 Å². The average molecular weight is 169 g/mol. The van der Waals surface area contributed by atoms with Crippen molar-refractivity contribution in [3.63, 3.8) is 0 Å². The second-order valence-corrected chi connectivity index (χ2v) is 2.08. The molecule has 0 amide bonds. The van der Waals surface area contributed by atoms with Gasteiger partial charge in [0.25, 0.3) is 0 Å². The minimum absolute atomic E-state index is 0.245. The second-order valence-electron chi connectivity index (χ2n) is 2.08. The molecular formula is C7H7NO4. The summed E-state index contributed by atoms with van der Waals surface area (Å²) < 4.78 is 5.27. The van der Waals surface area contributed by atoms with Crippen LogP contribution in [-0.2, 0) is 4.79 Å². The lowest BCUT2D eigenvalue weighted by Gasteiger charge is -2.01. The Bertz CT molecular complexity index is 286. The highest BCUT2D eigenvalue weighted by Gasteiger charge is 2.00. The molecule has 1 N–H and O–H groups in total. The van der Waals surface area contributed by atoms with Crippen LogP contribution in [0.2, 0.25) is 0 Å². The zero-order chi connectivity index (χ0) is 8.97. The Morgan fingerprint density at radius 1 is 1.75 bits per heavy atom. The standard InChI is InChI=1S/C7H7NO4/c9-7(10)5-12-6-2-1-3-8(11)4-6/h1-4H,5H2,(H,9,10). The van der Waals surface area contributed by atoms with Crippen LogP contribution in [0, 0.1) is 5.21 Å². The van der Waals surface area contributed by atoms with Crippen LogP contribution in [0.1, 0.15) is 0 Å². The molecule has 1 aromatic heterocycles. The maximum Gasteiger partial charge on any atom is 0.341 e. The van der Waals surface area contributed by atoms with E-state index in [1.807, 2.05) is 0 Å². The molecule has 0 spiro atoms. The van der Waals surface area contributed by atoms with Crippen LogP contribution in [-0.4, -0.2) is 17.7 Å². The van der Waals surface area contributed by atoms with Crippen molar-refractivity contribution in [1.29, 1.82) is 0 Å². The van der Waals surface area contributed by atoms with Gasteiger partial charge in [0.1, 0.15) is 0 Å². The van der Waals surface area contributed by atoms with Crippen LogP contribution in [0.15, 0.2) is 24.5 Å². The maximum absolute atomic E-state index is 10.6. The molecule has 0 saturated carbocycles. The number of ether oxygens (including phenoxy) is 1. The third-order valence-corrected chi connectivity index (χ3v) is 1.11. The maximum atomic E-state index is 10.6. The molecule has 5 heteroatoms. The molecule has 0 aliphatic rings. The number of aromatic nitrogens is 1. The fraction of sp³-hybridized carbons (Fsp3) is 0.143. The molecule has 0 aliphatic heterocycles. The van der Waals surface area contributed by atoms with Gasteiger partial charge >= 0.3 is 5.97 Å². The smallest absolute Gasteiger partial charge is 0.341 e. The van der Waals surface area contributed by atoms with E-state index in [1.165, 1.54) is 18.3 Å². The first kappa shape index (κ1) is 8.32. The molecule has 1 rings (SSSR count). The summed E-state index contributed by atoms with van der Waals surface area (Å²) in [4.78, 5) is 10.0. The number of pyridine rings is 1. The van der Waals surface area contributed by atoms with Crippen LogP contribution in [0.4, 0.5) is 0 Å². The van der Waals surface area contributed by atoms with Gasteiger partial charge in [-0.05, 0) is 6.07 Å². The molecule has 12 heavy (non-hydrogen) atoms. The lowest BCUT2D eigenvalue weighted by molar-refractivity contribution is -0.605. The molecule has 1 aromatic rings. The van der Waals surface area contributed by atoms with Crippen LogP contribution >= 0.6 is 0 Å². The van der Waals surface area contributed by atoms with E-state index in [-0.39, 0.29) is 5.75 Å². The summed E-state index contributed by atoms with van der Waals surface area (Å²) in [6, 6.07) is 2.99. The highest BCUT2D eigenvalue weighted by atomic mass is 16.5. The Hall–Kier alpha value is -1.78. The van der Waals surface area contributed by atoms with Crippen LogP contribution in [0.3, 0.4) is 0 Å². The van der Waals surface area contributed by atoms with Crippen molar-refractivity contribution in [2.45, 2.75) is 0 Å². The number of carbonyl (C=O) groups is 1. The van der Waals surface area contributed by atoms with Gasteiger partial charge in [0.2, 0.25) is 6.20 Å². The number of hydrogen-bond donors (Lipinski definition) is 1. The minimum atomic E-state index is -1.07. The van der Waals surface area contributed by atoms with Crippen molar-refractivity contribution in [3.05, 3.63) is 29.7 Å². The molecule has 0 aliphatic carbocycles. The van der Waals surface area contributed by atoms with Crippen molar-refractivity contribution in [2.75, 3.05) is 6.61 Å². The molecule has 0 radical (unpaired) electrons. The van der Waals surface area contributed by atoms with Gasteiger partial charge in [-0.1, -0.05) is 0 Å². The lowest BCUT2D eigenvalue weighted by Crippen LogP contribution is -2.24. The summed E-state index contributed by atoms with van der Waals surface area (Å²) in [6.45, 7) is -0.440. The third-order valence-electron chi connectivity index (χ3n) is 1.11. The summed E-state index contributed by atoms with van der Waals surface area (Å²) >= 11 is 0. The van der Waals surface area contributed by atoms with Crippen molar-refractivity contribution in [3.8, 4) is 5.75 Å². The Kier molecular flexibility index (Phi) is 2.47. The molecule has 5 nitrogen and oxygen atoms in total. The predicted molar refractivity (Wildman–Crippen MR) is 38.5 cm³/mol. The zero-order valence-corrected chi connectivity index (χ0v) is 6.14. The lowest BCUT2D eigenvalue weighted by atomic mass is 10.5. The fourth-order valence-electron chi connectivity index (χ4n) is 0.665. The summed E-state index contributed by atoms with van der Waals surface area (Å²) in [5.41, 5.74) is 0. The summed E-state index contributed by atoms with van der Waals surface area (Å²) in [6.07, 6.45) is 2.44. The van der Waals surface area contributed by atoms with Gasteiger partial charge in [-0.2, -0.15) is 4.73 Å². The number of aliphatic carboxylic acids is 1. The Labute approximate surface area is 68.4 Å². The number of hydrogen-bond acceptors (Lipinski definition) is 3. The summed E-state index contributed by atoms with van der Waals surface area (Å²) in [5, 5.41) is 18.9. The van der Waals surface area contributed by atoms with E-state index in [9.17, 15) is 10.0 Å². The van der Waals surface area contributed by atoms with Crippen molar-refractivity contribution >= 4 is 5.97 Å². The normalized spacial score (nSPS) is 9.33. The third kappa shape index (κ3) is 2.45. The molecule has 0 saturated heterocycles. The Morgan fingerprint density at radius 2 is 2.50 bits per heavy atom. The van der Waals surface area contributed by atoms with E-state index in [4.69, 9.17) is 9.84 Å². The van der Waals surface area contributed by atoms with Gasteiger partial charge in [-0.3, -0.25) is 0 Å². The van der Waals surface area contributed by atoms with Crippen molar-refractivity contribution in [2.24, 2.45) is 0 Å². The molecule has 0 fully saturated rings. The first-order chi connectivity index (χ1) is 5.68. The quantitative estimate of drug-likeness (QED) is 0.501. The number of nitrogens with zero attached hydrogens (tertiary/aromatic N) is 1. The van der Waals surface area contributed by atoms with Crippen LogP contribution in [0.25, 0.3) is 0 Å². The van der Waals surface area contributed by atoms with Crippen LogP contribution < -0.4 is 9.47 Å². The molecule has 64 valence electrons. The van der Waals surface area contributed by atoms with Crippen molar-refractivity contribution < 1.29 is 19.4 Å². The van der Waals surface area contributed by atoms with Crippen molar-refractivity contribution in [1.82, 2.24) is 0 Å². The Morgan fingerprint density at radius 3 is 3.08 bits per heavy atom. The molecule has 1 heterocycles. The van der Waals surface area contributed by atoms with Crippen LogP contribution in [0.5, 0.6) is 5.75 Å². The zero-order valence-electron chi connectivity index (χ0n) is 6.14. The van der Waals surface area contributed by atoms with E-state index < -0.39 is 12.6 Å². The first-order valence-electron chi connectivity index (χ1n) is 3.22. The van der Waals surface area contributed by atoms with Gasteiger partial charge in [0.15, 0.2) is 18.6 Å². The number of rotatable bonds is 3. The SMILES string of the molecule is O=C(O)COc1ccc[n+]([O-])c1. The number of carboxylic acids is 1. The topological polar surface area (TPSA) is 73.5 Å². The second kappa shape index (κ2) is 3.56. The molecule has 0 unspecified atom stereocenters. The highest BCUT2D eigenvalue weighted by molar-refractivity contribution is 5.68. The first-order valence-corrected chi connectivity index (χ1v) is 3.22. The highest BCUT2D eigenvalue weighted by Crippen LogP contribution is 2.03. The van der Waals surface area contributed by atoms with Gasteiger partial charge < -0.3 is 15.1 Å². The van der Waals surface area contributed by atoms with E-state index in [0.29, 0.717) is 4.73 Å². The fourth-order valence-corrected chi connectivity index (χ4v) is 0.665. The average Bonchev–Trinajstić information content (AvgIpc) is 2.01. The van der Waals surface area contributed by atoms with E-state index in [2.05, 4.69) is 0 Å². The Balaban J connectivity index is 2.57. The largest absolute Gasteiger partial charge is 0.619 e. The van der Waals surface area contributed by atoms with E-state index in [1.54, 1.807) is 0 Å².